The second-order valence-electron chi connectivity index (χ2n) is 9.53. The summed E-state index contributed by atoms with van der Waals surface area (Å²) in [6.45, 7) is 9.24. The number of nitrogens with zero attached hydrogens (tertiary/aromatic N) is 2. The number of hydrogen-bond acceptors (Lipinski definition) is 4. The highest BCUT2D eigenvalue weighted by Gasteiger charge is 2.48. The summed E-state index contributed by atoms with van der Waals surface area (Å²) in [5, 5.41) is 3.26. The smallest absolute Gasteiger partial charge is 0.271 e. The van der Waals surface area contributed by atoms with Crippen molar-refractivity contribution in [3.63, 3.8) is 0 Å². The minimum atomic E-state index is -0.962. The quantitative estimate of drug-likeness (QED) is 0.675. The minimum absolute atomic E-state index is 0.0646. The van der Waals surface area contributed by atoms with Crippen LogP contribution in [0.5, 0.6) is 0 Å². The van der Waals surface area contributed by atoms with Crippen LogP contribution in [0.15, 0.2) is 16.5 Å². The molecule has 2 aromatic rings. The van der Waals surface area contributed by atoms with Gasteiger partial charge in [0.25, 0.3) is 5.91 Å². The fourth-order valence-electron chi connectivity index (χ4n) is 4.94. The molecule has 2 aromatic heterocycles. The average Bonchev–Trinajstić information content (AvgIpc) is 3.24. The molecule has 1 N–H and O–H groups in total. The monoisotopic (exact) mass is 429 g/mol. The fraction of sp³-hybridized carbons (Fsp3) is 0.667. The number of rotatable bonds is 7. The highest BCUT2D eigenvalue weighted by Crippen LogP contribution is 2.34. The van der Waals surface area contributed by atoms with Gasteiger partial charge in [-0.25, -0.2) is 0 Å². The maximum Gasteiger partial charge on any atom is 0.271 e. The van der Waals surface area contributed by atoms with Gasteiger partial charge in [-0.2, -0.15) is 0 Å². The lowest BCUT2D eigenvalue weighted by Gasteiger charge is -2.44. The Balaban J connectivity index is 1.62. The number of fused-ring (bicyclic) bond motifs is 3. The number of carbonyl (C=O) groups is 2. The lowest BCUT2D eigenvalue weighted by atomic mass is 9.91. The molecule has 0 spiro atoms. The van der Waals surface area contributed by atoms with Crippen LogP contribution in [-0.2, 0) is 16.1 Å². The third-order valence-electron chi connectivity index (χ3n) is 6.65. The summed E-state index contributed by atoms with van der Waals surface area (Å²) in [7, 11) is 0. The van der Waals surface area contributed by atoms with Crippen molar-refractivity contribution in [2.75, 3.05) is 13.2 Å². The number of hydrogen-bond donors (Lipinski definition) is 1. The summed E-state index contributed by atoms with van der Waals surface area (Å²) in [5.41, 5.74) is 1.19. The Morgan fingerprint density at radius 2 is 2.03 bits per heavy atom. The van der Waals surface area contributed by atoms with Gasteiger partial charge < -0.3 is 23.9 Å². The van der Waals surface area contributed by atoms with E-state index >= 15 is 0 Å². The van der Waals surface area contributed by atoms with Crippen molar-refractivity contribution in [1.29, 1.82) is 0 Å². The zero-order valence-electron chi connectivity index (χ0n) is 19.2. The summed E-state index contributed by atoms with van der Waals surface area (Å²) >= 11 is 0. The molecule has 1 atom stereocenters. The van der Waals surface area contributed by atoms with Gasteiger partial charge in [0.05, 0.1) is 18.2 Å². The molecule has 7 nitrogen and oxygen atoms in total. The molecule has 3 heterocycles. The third kappa shape index (κ3) is 4.25. The molecule has 1 saturated carbocycles. The van der Waals surface area contributed by atoms with E-state index in [2.05, 4.69) is 5.32 Å². The van der Waals surface area contributed by atoms with Crippen LogP contribution in [0, 0.1) is 6.92 Å². The summed E-state index contributed by atoms with van der Waals surface area (Å²) in [6.07, 6.45) is 6.38. The summed E-state index contributed by atoms with van der Waals surface area (Å²) in [4.78, 5) is 28.9. The molecule has 1 aliphatic carbocycles. The molecule has 2 amide bonds. The number of carbonyl (C=O) groups excluding carboxylic acids is 2. The number of ether oxygens (including phenoxy) is 1. The molecule has 7 heteroatoms. The standard InChI is InChI=1S/C24H35N3O4/c1-16(2)30-12-8-11-27-22(28)20-14-21-19(13-17(3)31-21)26(20)15-24(27,4)23(29)25-18-9-6-5-7-10-18/h13-14,16,18H,5-12,15H2,1-4H3,(H,25,29). The number of aryl methyl sites for hydroxylation is 1. The predicted octanol–water partition coefficient (Wildman–Crippen LogP) is 4.02. The maximum atomic E-state index is 13.6. The first-order valence-electron chi connectivity index (χ1n) is 11.6. The molecular formula is C24H35N3O4. The molecule has 1 fully saturated rings. The van der Waals surface area contributed by atoms with Gasteiger partial charge in [0.1, 0.15) is 17.0 Å². The van der Waals surface area contributed by atoms with Crippen molar-refractivity contribution < 1.29 is 18.7 Å². The molecule has 2 aliphatic rings. The topological polar surface area (TPSA) is 76.7 Å². The SMILES string of the molecule is Cc1cc2c(cc3n2CC(C)(C(=O)NC2CCCCC2)N(CCCOC(C)C)C3=O)o1. The Morgan fingerprint density at radius 3 is 2.74 bits per heavy atom. The lowest BCUT2D eigenvalue weighted by molar-refractivity contribution is -0.134. The zero-order chi connectivity index (χ0) is 22.2. The van der Waals surface area contributed by atoms with E-state index < -0.39 is 5.54 Å². The third-order valence-corrected chi connectivity index (χ3v) is 6.65. The first-order chi connectivity index (χ1) is 14.8. The van der Waals surface area contributed by atoms with E-state index in [4.69, 9.17) is 9.15 Å². The number of amides is 2. The van der Waals surface area contributed by atoms with Crippen molar-refractivity contribution in [1.82, 2.24) is 14.8 Å². The van der Waals surface area contributed by atoms with Crippen LogP contribution in [0.3, 0.4) is 0 Å². The van der Waals surface area contributed by atoms with Gasteiger partial charge in [0, 0.05) is 31.3 Å². The van der Waals surface area contributed by atoms with E-state index in [9.17, 15) is 9.59 Å². The molecule has 0 bridgehead atoms. The Hall–Kier alpha value is -2.28. The number of nitrogens with one attached hydrogen (secondary N) is 1. The van der Waals surface area contributed by atoms with Crippen LogP contribution in [0.1, 0.15) is 75.5 Å². The molecule has 1 unspecified atom stereocenters. The summed E-state index contributed by atoms with van der Waals surface area (Å²) < 4.78 is 13.4. The van der Waals surface area contributed by atoms with Crippen molar-refractivity contribution in [2.45, 2.75) is 90.4 Å². The van der Waals surface area contributed by atoms with E-state index in [1.165, 1.54) is 6.42 Å². The first-order valence-corrected chi connectivity index (χ1v) is 11.6. The van der Waals surface area contributed by atoms with Crippen LogP contribution in [0.2, 0.25) is 0 Å². The minimum Gasteiger partial charge on any atom is -0.460 e. The zero-order valence-corrected chi connectivity index (χ0v) is 19.2. The summed E-state index contributed by atoms with van der Waals surface area (Å²) in [6, 6.07) is 3.94. The molecule has 1 aliphatic heterocycles. The van der Waals surface area contributed by atoms with Gasteiger partial charge in [-0.1, -0.05) is 19.3 Å². The Morgan fingerprint density at radius 1 is 1.29 bits per heavy atom. The number of furan rings is 1. The molecule has 170 valence electrons. The number of aromatic nitrogens is 1. The largest absolute Gasteiger partial charge is 0.460 e. The van der Waals surface area contributed by atoms with E-state index in [0.717, 1.165) is 37.0 Å². The maximum absolute atomic E-state index is 13.6. The normalized spacial score (nSPS) is 22.4. The summed E-state index contributed by atoms with van der Waals surface area (Å²) in [5.74, 6) is 0.612. The van der Waals surface area contributed by atoms with Gasteiger partial charge in [0.2, 0.25) is 5.91 Å². The first kappa shape index (κ1) is 21.9. The predicted molar refractivity (Wildman–Crippen MR) is 119 cm³/mol. The van der Waals surface area contributed by atoms with E-state index in [0.29, 0.717) is 37.4 Å². The lowest BCUT2D eigenvalue weighted by Crippen LogP contribution is -2.65. The van der Waals surface area contributed by atoms with Gasteiger partial charge in [-0.15, -0.1) is 0 Å². The van der Waals surface area contributed by atoms with Crippen molar-refractivity contribution in [3.8, 4) is 0 Å². The van der Waals surface area contributed by atoms with Gasteiger partial charge in [-0.05, 0) is 47.0 Å². The van der Waals surface area contributed by atoms with Crippen molar-refractivity contribution in [3.05, 3.63) is 23.6 Å². The molecular weight excluding hydrogens is 394 g/mol. The average molecular weight is 430 g/mol. The Labute approximate surface area is 184 Å². The second kappa shape index (κ2) is 8.69. The highest BCUT2D eigenvalue weighted by molar-refractivity contribution is 6.03. The highest BCUT2D eigenvalue weighted by atomic mass is 16.5. The Bertz CT molecular complexity index is 954. The van der Waals surface area contributed by atoms with Crippen LogP contribution in [0.4, 0.5) is 0 Å². The molecule has 0 saturated heterocycles. The van der Waals surface area contributed by atoms with Crippen LogP contribution >= 0.6 is 0 Å². The van der Waals surface area contributed by atoms with Gasteiger partial charge in [-0.3, -0.25) is 9.59 Å². The molecule has 0 aromatic carbocycles. The van der Waals surface area contributed by atoms with Crippen molar-refractivity contribution in [2.24, 2.45) is 0 Å². The molecule has 31 heavy (non-hydrogen) atoms. The van der Waals surface area contributed by atoms with Gasteiger partial charge >= 0.3 is 0 Å². The molecule has 0 radical (unpaired) electrons. The van der Waals surface area contributed by atoms with Crippen molar-refractivity contribution >= 4 is 22.9 Å². The van der Waals surface area contributed by atoms with E-state index in [-0.39, 0.29) is 24.0 Å². The Kier molecular flexibility index (Phi) is 6.15. The second-order valence-corrected chi connectivity index (χ2v) is 9.53. The fourth-order valence-corrected chi connectivity index (χ4v) is 4.94. The van der Waals surface area contributed by atoms with E-state index in [1.54, 1.807) is 11.0 Å². The van der Waals surface area contributed by atoms with Crippen LogP contribution < -0.4 is 5.32 Å². The van der Waals surface area contributed by atoms with E-state index in [1.807, 2.05) is 38.3 Å². The van der Waals surface area contributed by atoms with Crippen LogP contribution in [-0.4, -0.2) is 52.1 Å². The van der Waals surface area contributed by atoms with Gasteiger partial charge in [0.15, 0.2) is 5.58 Å². The van der Waals surface area contributed by atoms with Crippen LogP contribution in [0.25, 0.3) is 11.1 Å². The molecule has 4 rings (SSSR count).